The molecule has 1 saturated heterocycles. The van der Waals surface area contributed by atoms with Gasteiger partial charge in [-0.05, 0) is 36.7 Å². The van der Waals surface area contributed by atoms with Gasteiger partial charge in [-0.1, -0.05) is 30.3 Å². The molecule has 1 saturated carbocycles. The van der Waals surface area contributed by atoms with Crippen LogP contribution in [0, 0.1) is 11.8 Å². The third kappa shape index (κ3) is 2.53. The lowest BCUT2D eigenvalue weighted by Crippen LogP contribution is -2.26. The second-order valence-electron chi connectivity index (χ2n) is 5.67. The monoisotopic (exact) mass is 231 g/mol. The number of rotatable bonds is 2. The lowest BCUT2D eigenvalue weighted by Gasteiger charge is -2.27. The Kier molecular flexibility index (Phi) is 3.17. The van der Waals surface area contributed by atoms with Gasteiger partial charge in [0.25, 0.3) is 0 Å². The first-order valence-electron chi connectivity index (χ1n) is 6.75. The summed E-state index contributed by atoms with van der Waals surface area (Å²) in [6.07, 6.45) is 3.22. The van der Waals surface area contributed by atoms with Gasteiger partial charge < -0.3 is 5.11 Å². The molecule has 17 heavy (non-hydrogen) atoms. The highest BCUT2D eigenvalue weighted by atomic mass is 16.3. The molecule has 0 radical (unpaired) electrons. The summed E-state index contributed by atoms with van der Waals surface area (Å²) in [6, 6.07) is 10.7. The quantitative estimate of drug-likeness (QED) is 0.844. The summed E-state index contributed by atoms with van der Waals surface area (Å²) in [5.41, 5.74) is 1.41. The molecule has 2 nitrogen and oxygen atoms in total. The van der Waals surface area contributed by atoms with E-state index in [1.54, 1.807) is 0 Å². The van der Waals surface area contributed by atoms with Gasteiger partial charge in [0.1, 0.15) is 0 Å². The summed E-state index contributed by atoms with van der Waals surface area (Å²) in [5, 5.41) is 9.71. The third-order valence-corrected chi connectivity index (χ3v) is 4.35. The van der Waals surface area contributed by atoms with Gasteiger partial charge in [-0.15, -0.1) is 0 Å². The van der Waals surface area contributed by atoms with Crippen molar-refractivity contribution < 1.29 is 5.11 Å². The minimum absolute atomic E-state index is 0.0343. The Morgan fingerprint density at radius 1 is 1.06 bits per heavy atom. The van der Waals surface area contributed by atoms with Crippen molar-refractivity contribution in [2.75, 3.05) is 13.1 Å². The van der Waals surface area contributed by atoms with Crippen LogP contribution in [-0.2, 0) is 6.54 Å². The standard InChI is InChI=1S/C15H21NO/c17-15-7-6-13-10-16(11-14(13)8-15)9-12-4-2-1-3-5-12/h1-5,13-15,17H,6-11H2/t13-,14+,15-/m1/s1. The highest BCUT2D eigenvalue weighted by Crippen LogP contribution is 2.36. The molecule has 2 fully saturated rings. The van der Waals surface area contributed by atoms with Crippen molar-refractivity contribution in [2.24, 2.45) is 11.8 Å². The van der Waals surface area contributed by atoms with Crippen LogP contribution in [-0.4, -0.2) is 29.2 Å². The molecule has 3 rings (SSSR count). The Labute approximate surface area is 103 Å². The van der Waals surface area contributed by atoms with Crippen molar-refractivity contribution in [1.29, 1.82) is 0 Å². The zero-order chi connectivity index (χ0) is 11.7. The van der Waals surface area contributed by atoms with Gasteiger partial charge in [0, 0.05) is 19.6 Å². The topological polar surface area (TPSA) is 23.5 Å². The molecule has 0 amide bonds. The lowest BCUT2D eigenvalue weighted by molar-refractivity contribution is 0.0865. The number of fused-ring (bicyclic) bond motifs is 1. The normalized spacial score (nSPS) is 33.6. The van der Waals surface area contributed by atoms with Crippen LogP contribution in [0.25, 0.3) is 0 Å². The van der Waals surface area contributed by atoms with E-state index >= 15 is 0 Å². The average Bonchev–Trinajstić information content (AvgIpc) is 2.71. The highest BCUT2D eigenvalue weighted by Gasteiger charge is 2.36. The van der Waals surface area contributed by atoms with Crippen molar-refractivity contribution in [1.82, 2.24) is 4.90 Å². The first-order chi connectivity index (χ1) is 8.31. The van der Waals surface area contributed by atoms with Crippen LogP contribution in [0.2, 0.25) is 0 Å². The first kappa shape index (κ1) is 11.2. The zero-order valence-electron chi connectivity index (χ0n) is 10.3. The van der Waals surface area contributed by atoms with Gasteiger partial charge in [-0.2, -0.15) is 0 Å². The van der Waals surface area contributed by atoms with Gasteiger partial charge in [0.15, 0.2) is 0 Å². The molecular formula is C15H21NO. The molecule has 0 bridgehead atoms. The van der Waals surface area contributed by atoms with Gasteiger partial charge in [-0.25, -0.2) is 0 Å². The average molecular weight is 231 g/mol. The second kappa shape index (κ2) is 4.79. The Morgan fingerprint density at radius 2 is 1.82 bits per heavy atom. The largest absolute Gasteiger partial charge is 0.393 e. The Hall–Kier alpha value is -0.860. The van der Waals surface area contributed by atoms with E-state index in [0.29, 0.717) is 0 Å². The summed E-state index contributed by atoms with van der Waals surface area (Å²) in [5.74, 6) is 1.57. The number of aliphatic hydroxyl groups is 1. The van der Waals surface area contributed by atoms with Crippen LogP contribution in [0.15, 0.2) is 30.3 Å². The number of hydrogen-bond donors (Lipinski definition) is 1. The molecule has 1 aromatic carbocycles. The molecule has 2 heteroatoms. The minimum atomic E-state index is -0.0343. The van der Waals surface area contributed by atoms with E-state index in [0.717, 1.165) is 31.2 Å². The van der Waals surface area contributed by atoms with Crippen LogP contribution >= 0.6 is 0 Å². The number of hydrogen-bond acceptors (Lipinski definition) is 2. The molecule has 92 valence electrons. The molecular weight excluding hydrogens is 210 g/mol. The number of benzene rings is 1. The molecule has 3 atom stereocenters. The van der Waals surface area contributed by atoms with Crippen molar-refractivity contribution in [3.05, 3.63) is 35.9 Å². The summed E-state index contributed by atoms with van der Waals surface area (Å²) in [4.78, 5) is 2.56. The van der Waals surface area contributed by atoms with Crippen molar-refractivity contribution in [3.8, 4) is 0 Å². The molecule has 0 spiro atoms. The molecule has 0 aromatic heterocycles. The number of aliphatic hydroxyl groups excluding tert-OH is 1. The third-order valence-electron chi connectivity index (χ3n) is 4.35. The van der Waals surface area contributed by atoms with E-state index in [1.807, 2.05) is 0 Å². The maximum absolute atomic E-state index is 9.71. The van der Waals surface area contributed by atoms with E-state index in [1.165, 1.54) is 25.1 Å². The van der Waals surface area contributed by atoms with Crippen LogP contribution in [0.5, 0.6) is 0 Å². The second-order valence-corrected chi connectivity index (χ2v) is 5.67. The molecule has 1 N–H and O–H groups in total. The predicted molar refractivity (Wildman–Crippen MR) is 68.6 cm³/mol. The Balaban J connectivity index is 1.60. The van der Waals surface area contributed by atoms with E-state index in [4.69, 9.17) is 0 Å². The Bertz CT molecular complexity index is 364. The Morgan fingerprint density at radius 3 is 2.65 bits per heavy atom. The van der Waals surface area contributed by atoms with Crippen LogP contribution in [0.3, 0.4) is 0 Å². The lowest BCUT2D eigenvalue weighted by atomic mass is 9.80. The fourth-order valence-electron chi connectivity index (χ4n) is 3.47. The van der Waals surface area contributed by atoms with Crippen LogP contribution in [0.4, 0.5) is 0 Å². The van der Waals surface area contributed by atoms with Gasteiger partial charge in [-0.3, -0.25) is 4.90 Å². The van der Waals surface area contributed by atoms with E-state index < -0.39 is 0 Å². The van der Waals surface area contributed by atoms with Crippen molar-refractivity contribution in [3.63, 3.8) is 0 Å². The number of nitrogens with zero attached hydrogens (tertiary/aromatic N) is 1. The van der Waals surface area contributed by atoms with E-state index in [-0.39, 0.29) is 6.10 Å². The highest BCUT2D eigenvalue weighted by molar-refractivity contribution is 5.14. The molecule has 1 aliphatic carbocycles. The van der Waals surface area contributed by atoms with E-state index in [2.05, 4.69) is 35.2 Å². The van der Waals surface area contributed by atoms with Crippen LogP contribution < -0.4 is 0 Å². The summed E-state index contributed by atoms with van der Waals surface area (Å²) >= 11 is 0. The van der Waals surface area contributed by atoms with Crippen molar-refractivity contribution >= 4 is 0 Å². The smallest absolute Gasteiger partial charge is 0.0543 e. The molecule has 1 aromatic rings. The minimum Gasteiger partial charge on any atom is -0.393 e. The maximum Gasteiger partial charge on any atom is 0.0543 e. The zero-order valence-corrected chi connectivity index (χ0v) is 10.3. The van der Waals surface area contributed by atoms with Gasteiger partial charge >= 0.3 is 0 Å². The summed E-state index contributed by atoms with van der Waals surface area (Å²) in [6.45, 7) is 3.48. The van der Waals surface area contributed by atoms with Crippen LogP contribution in [0.1, 0.15) is 24.8 Å². The molecule has 0 unspecified atom stereocenters. The maximum atomic E-state index is 9.71. The fraction of sp³-hybridized carbons (Fsp3) is 0.600. The predicted octanol–water partition coefficient (Wildman–Crippen LogP) is 2.28. The summed E-state index contributed by atoms with van der Waals surface area (Å²) in [7, 11) is 0. The van der Waals surface area contributed by atoms with Crippen molar-refractivity contribution in [2.45, 2.75) is 31.9 Å². The molecule has 1 heterocycles. The summed E-state index contributed by atoms with van der Waals surface area (Å²) < 4.78 is 0. The molecule has 1 aliphatic heterocycles. The SMILES string of the molecule is O[C@@H]1CC[C@@H]2CN(Cc3ccccc3)C[C@@H]2C1. The van der Waals surface area contributed by atoms with E-state index in [9.17, 15) is 5.11 Å². The first-order valence-corrected chi connectivity index (χ1v) is 6.75. The van der Waals surface area contributed by atoms with Gasteiger partial charge in [0.05, 0.1) is 6.10 Å². The number of likely N-dealkylation sites (tertiary alicyclic amines) is 1. The fourth-order valence-corrected chi connectivity index (χ4v) is 3.47. The molecule has 2 aliphatic rings. The van der Waals surface area contributed by atoms with Gasteiger partial charge in [0.2, 0.25) is 0 Å².